The molecule has 144 valence electrons. The number of benzene rings is 1. The summed E-state index contributed by atoms with van der Waals surface area (Å²) in [5.41, 5.74) is 0.899. The summed E-state index contributed by atoms with van der Waals surface area (Å²) < 4.78 is 5.36. The number of Topliss-reactive ketones (excluding diaryl/α,β-unsaturated/α-hetero) is 1. The number of amides is 3. The molecule has 2 atom stereocenters. The molecule has 0 saturated carbocycles. The van der Waals surface area contributed by atoms with Crippen LogP contribution in [0.2, 0.25) is 0 Å². The van der Waals surface area contributed by atoms with Crippen LogP contribution in [-0.2, 0) is 25.7 Å². The summed E-state index contributed by atoms with van der Waals surface area (Å²) in [4.78, 5) is 51.1. The molecule has 1 aromatic rings. The Hall–Kier alpha value is -2.70. The van der Waals surface area contributed by atoms with Gasteiger partial charge in [0.1, 0.15) is 6.61 Å². The van der Waals surface area contributed by atoms with Crippen LogP contribution in [0.4, 0.5) is 4.79 Å². The van der Waals surface area contributed by atoms with E-state index in [9.17, 15) is 19.2 Å². The van der Waals surface area contributed by atoms with Crippen molar-refractivity contribution in [3.8, 4) is 0 Å². The molecule has 7 nitrogen and oxygen atoms in total. The van der Waals surface area contributed by atoms with Gasteiger partial charge in [-0.3, -0.25) is 19.3 Å². The number of rotatable bonds is 6. The SMILES string of the molecule is CC[C@@H]1CN(C(=O)OCc2ccccc2)C[C@@H]1C(=O)CN1C(=O)CCC1=O. The fraction of sp³-hybridized carbons (Fsp3) is 0.500. The van der Waals surface area contributed by atoms with E-state index in [1.165, 1.54) is 0 Å². The Morgan fingerprint density at radius 3 is 2.37 bits per heavy atom. The summed E-state index contributed by atoms with van der Waals surface area (Å²) in [5.74, 6) is -1.11. The van der Waals surface area contributed by atoms with Gasteiger partial charge in [-0.05, 0) is 11.5 Å². The fourth-order valence-corrected chi connectivity index (χ4v) is 3.68. The second-order valence-electron chi connectivity index (χ2n) is 7.06. The molecule has 0 unspecified atom stereocenters. The quantitative estimate of drug-likeness (QED) is 0.713. The first kappa shape index (κ1) is 19.1. The van der Waals surface area contributed by atoms with Crippen molar-refractivity contribution in [2.45, 2.75) is 32.8 Å². The lowest BCUT2D eigenvalue weighted by molar-refractivity contribution is -0.142. The Morgan fingerprint density at radius 1 is 1.07 bits per heavy atom. The predicted molar refractivity (Wildman–Crippen MR) is 96.4 cm³/mol. The van der Waals surface area contributed by atoms with Crippen LogP contribution in [-0.4, -0.2) is 53.1 Å². The first-order valence-corrected chi connectivity index (χ1v) is 9.31. The number of ketones is 1. The molecule has 3 amide bonds. The zero-order valence-corrected chi connectivity index (χ0v) is 15.4. The van der Waals surface area contributed by atoms with Gasteiger partial charge in [0.25, 0.3) is 0 Å². The summed E-state index contributed by atoms with van der Waals surface area (Å²) in [6.45, 7) is 2.67. The number of imide groups is 1. The minimum Gasteiger partial charge on any atom is -0.445 e. The van der Waals surface area contributed by atoms with Gasteiger partial charge in [0, 0.05) is 31.8 Å². The van der Waals surface area contributed by atoms with Crippen LogP contribution < -0.4 is 0 Å². The zero-order chi connectivity index (χ0) is 19.4. The molecule has 1 aromatic carbocycles. The van der Waals surface area contributed by atoms with Crippen molar-refractivity contribution < 1.29 is 23.9 Å². The number of ether oxygens (including phenoxy) is 1. The van der Waals surface area contributed by atoms with Gasteiger partial charge in [-0.2, -0.15) is 0 Å². The fourth-order valence-electron chi connectivity index (χ4n) is 3.68. The third-order valence-electron chi connectivity index (χ3n) is 5.31. The van der Waals surface area contributed by atoms with Crippen molar-refractivity contribution in [2.24, 2.45) is 11.8 Å². The van der Waals surface area contributed by atoms with Crippen molar-refractivity contribution >= 4 is 23.7 Å². The molecule has 2 aliphatic rings. The summed E-state index contributed by atoms with van der Waals surface area (Å²) in [7, 11) is 0. The first-order valence-electron chi connectivity index (χ1n) is 9.31. The van der Waals surface area contributed by atoms with Crippen LogP contribution in [0.15, 0.2) is 30.3 Å². The largest absolute Gasteiger partial charge is 0.445 e. The molecule has 0 N–H and O–H groups in total. The molecule has 0 aromatic heterocycles. The molecule has 2 fully saturated rings. The van der Waals surface area contributed by atoms with Crippen LogP contribution in [0.1, 0.15) is 31.7 Å². The summed E-state index contributed by atoms with van der Waals surface area (Å²) >= 11 is 0. The van der Waals surface area contributed by atoms with Gasteiger partial charge in [-0.15, -0.1) is 0 Å². The summed E-state index contributed by atoms with van der Waals surface area (Å²) in [5, 5.41) is 0. The molecule has 0 spiro atoms. The van der Waals surface area contributed by atoms with E-state index in [4.69, 9.17) is 4.74 Å². The number of carbonyl (C=O) groups is 4. The lowest BCUT2D eigenvalue weighted by Crippen LogP contribution is -2.39. The van der Waals surface area contributed by atoms with Crippen LogP contribution in [0.25, 0.3) is 0 Å². The average Bonchev–Trinajstić information content (AvgIpc) is 3.25. The Bertz CT molecular complexity index is 717. The van der Waals surface area contributed by atoms with Crippen LogP contribution in [0.3, 0.4) is 0 Å². The third kappa shape index (κ3) is 4.35. The number of likely N-dealkylation sites (tertiary alicyclic amines) is 2. The first-order chi connectivity index (χ1) is 13.0. The molecule has 3 rings (SSSR count). The van der Waals surface area contributed by atoms with Gasteiger partial charge in [0.15, 0.2) is 5.78 Å². The molecule has 0 aliphatic carbocycles. The Labute approximate surface area is 158 Å². The van der Waals surface area contributed by atoms with Gasteiger partial charge in [-0.25, -0.2) is 4.79 Å². The Balaban J connectivity index is 1.57. The summed E-state index contributed by atoms with van der Waals surface area (Å²) in [6, 6.07) is 9.40. The normalized spacial score (nSPS) is 22.4. The maximum atomic E-state index is 12.7. The zero-order valence-electron chi connectivity index (χ0n) is 15.4. The highest BCUT2D eigenvalue weighted by atomic mass is 16.6. The van der Waals surface area contributed by atoms with Crippen LogP contribution >= 0.6 is 0 Å². The molecular weight excluding hydrogens is 348 g/mol. The average molecular weight is 372 g/mol. The van der Waals surface area contributed by atoms with Gasteiger partial charge in [0.2, 0.25) is 11.8 Å². The molecular formula is C20H24N2O5. The van der Waals surface area contributed by atoms with Crippen LogP contribution in [0.5, 0.6) is 0 Å². The molecule has 2 heterocycles. The summed E-state index contributed by atoms with van der Waals surface area (Å²) in [6.07, 6.45) is 0.638. The maximum absolute atomic E-state index is 12.7. The monoisotopic (exact) mass is 372 g/mol. The van der Waals surface area contributed by atoms with E-state index in [-0.39, 0.29) is 62.0 Å². The lowest BCUT2D eigenvalue weighted by atomic mass is 9.90. The molecule has 27 heavy (non-hydrogen) atoms. The second kappa shape index (κ2) is 8.33. The highest BCUT2D eigenvalue weighted by molar-refractivity contribution is 6.05. The number of nitrogens with zero attached hydrogens (tertiary/aromatic N) is 2. The highest BCUT2D eigenvalue weighted by Crippen LogP contribution is 2.28. The molecule has 0 radical (unpaired) electrons. The molecule has 2 aliphatic heterocycles. The molecule has 7 heteroatoms. The third-order valence-corrected chi connectivity index (χ3v) is 5.31. The number of hydrogen-bond acceptors (Lipinski definition) is 5. The number of hydrogen-bond donors (Lipinski definition) is 0. The number of carbonyl (C=O) groups excluding carboxylic acids is 4. The van der Waals surface area contributed by atoms with Crippen molar-refractivity contribution in [2.75, 3.05) is 19.6 Å². The maximum Gasteiger partial charge on any atom is 0.410 e. The van der Waals surface area contributed by atoms with E-state index in [1.807, 2.05) is 37.3 Å². The van der Waals surface area contributed by atoms with E-state index < -0.39 is 6.09 Å². The van der Waals surface area contributed by atoms with Crippen LogP contribution in [0, 0.1) is 11.8 Å². The van der Waals surface area contributed by atoms with Crippen molar-refractivity contribution in [3.05, 3.63) is 35.9 Å². The minimum absolute atomic E-state index is 0.00887. The Morgan fingerprint density at radius 2 is 1.74 bits per heavy atom. The standard InChI is InChI=1S/C20H24N2O5/c1-2-15-10-21(20(26)27-13-14-6-4-3-5-7-14)11-16(15)17(23)12-22-18(24)8-9-19(22)25/h3-7,15-16H,2,8-13H2,1H3/t15-,16+/m1/s1. The van der Waals surface area contributed by atoms with E-state index >= 15 is 0 Å². The van der Waals surface area contributed by atoms with Crippen molar-refractivity contribution in [3.63, 3.8) is 0 Å². The second-order valence-corrected chi connectivity index (χ2v) is 7.06. The van der Waals surface area contributed by atoms with Gasteiger partial charge < -0.3 is 9.64 Å². The highest BCUT2D eigenvalue weighted by Gasteiger charge is 2.41. The topological polar surface area (TPSA) is 84.0 Å². The van der Waals surface area contributed by atoms with E-state index in [2.05, 4.69) is 0 Å². The predicted octanol–water partition coefficient (Wildman–Crippen LogP) is 2.00. The van der Waals surface area contributed by atoms with Gasteiger partial charge >= 0.3 is 6.09 Å². The van der Waals surface area contributed by atoms with E-state index in [0.29, 0.717) is 6.54 Å². The van der Waals surface area contributed by atoms with Crippen molar-refractivity contribution in [1.82, 2.24) is 9.80 Å². The lowest BCUT2D eigenvalue weighted by Gasteiger charge is -2.19. The van der Waals surface area contributed by atoms with Gasteiger partial charge in [0.05, 0.1) is 6.54 Å². The minimum atomic E-state index is -0.444. The molecule has 2 saturated heterocycles. The Kier molecular flexibility index (Phi) is 5.88. The van der Waals surface area contributed by atoms with Crippen molar-refractivity contribution in [1.29, 1.82) is 0 Å². The smallest absolute Gasteiger partial charge is 0.410 e. The molecule has 0 bridgehead atoms. The van der Waals surface area contributed by atoms with E-state index in [1.54, 1.807) is 4.90 Å². The van der Waals surface area contributed by atoms with Gasteiger partial charge in [-0.1, -0.05) is 43.7 Å². The van der Waals surface area contributed by atoms with E-state index in [0.717, 1.165) is 16.9 Å².